The molecule has 0 saturated heterocycles. The fourth-order valence-corrected chi connectivity index (χ4v) is 3.03. The van der Waals surface area contributed by atoms with Crippen LogP contribution in [0.25, 0.3) is 0 Å². The first-order valence-electron chi connectivity index (χ1n) is 5.76. The Bertz CT molecular complexity index is 718. The molecule has 0 aromatic carbocycles. The van der Waals surface area contributed by atoms with Crippen molar-refractivity contribution in [3.05, 3.63) is 45.4 Å². The largest absolute Gasteiger partial charge is 0.478 e. The first kappa shape index (κ1) is 13.7. The lowest BCUT2D eigenvalue weighted by Gasteiger charge is -2.27. The van der Waals surface area contributed by atoms with Crippen molar-refractivity contribution in [2.24, 2.45) is 0 Å². The van der Waals surface area contributed by atoms with E-state index in [0.29, 0.717) is 11.1 Å². The lowest BCUT2D eigenvalue weighted by atomic mass is 9.84. The van der Waals surface area contributed by atoms with E-state index < -0.39 is 29.3 Å². The van der Waals surface area contributed by atoms with Crippen LogP contribution in [0.2, 0.25) is 0 Å². The molecule has 0 aliphatic carbocycles. The molecule has 5 nitrogen and oxygen atoms in total. The van der Waals surface area contributed by atoms with E-state index in [1.54, 1.807) is 16.8 Å². The summed E-state index contributed by atoms with van der Waals surface area (Å²) in [6.07, 6.45) is -3.47. The van der Waals surface area contributed by atoms with Crippen LogP contribution in [0.1, 0.15) is 17.0 Å². The van der Waals surface area contributed by atoms with Gasteiger partial charge in [-0.3, -0.25) is 5.10 Å². The molecule has 0 fully saturated rings. The Kier molecular flexibility index (Phi) is 3.01. The summed E-state index contributed by atoms with van der Waals surface area (Å²) in [6, 6.07) is 1.61. The molecular formula is C12H8F3N3O2S. The van der Waals surface area contributed by atoms with Crippen LogP contribution < -0.4 is 5.32 Å². The third-order valence-electron chi connectivity index (χ3n) is 3.18. The number of nitrogens with one attached hydrogen (secondary N) is 2. The number of carboxylic acids is 1. The number of hydrogen-bond donors (Lipinski definition) is 3. The summed E-state index contributed by atoms with van der Waals surface area (Å²) in [5.74, 6) is -2.57. The van der Waals surface area contributed by atoms with Gasteiger partial charge in [-0.05, 0) is 22.4 Å². The number of thiophene rings is 1. The van der Waals surface area contributed by atoms with Gasteiger partial charge < -0.3 is 10.4 Å². The molecule has 0 spiro atoms. The molecule has 0 radical (unpaired) electrons. The van der Waals surface area contributed by atoms with Crippen LogP contribution in [0.4, 0.5) is 19.0 Å². The number of halogens is 3. The Balaban J connectivity index is 2.27. The predicted molar refractivity (Wildman–Crippen MR) is 69.1 cm³/mol. The number of rotatable bonds is 2. The number of aromatic amines is 1. The normalized spacial score (nSPS) is 18.3. The van der Waals surface area contributed by atoms with Crippen molar-refractivity contribution >= 4 is 23.1 Å². The molecule has 3 rings (SSSR count). The molecule has 21 heavy (non-hydrogen) atoms. The molecule has 1 atom stereocenters. The molecule has 3 heterocycles. The highest BCUT2D eigenvalue weighted by Crippen LogP contribution is 2.45. The Hall–Kier alpha value is -2.29. The smallest absolute Gasteiger partial charge is 0.431 e. The van der Waals surface area contributed by atoms with Gasteiger partial charge >= 0.3 is 12.1 Å². The molecule has 2 aromatic heterocycles. The zero-order valence-electron chi connectivity index (χ0n) is 10.2. The zero-order chi connectivity index (χ0) is 15.2. The molecule has 2 aromatic rings. The summed E-state index contributed by atoms with van der Waals surface area (Å²) in [7, 11) is 0. The number of anilines is 1. The monoisotopic (exact) mass is 315 g/mol. The number of carboxylic acid groups (broad SMARTS) is 1. The Morgan fingerprint density at radius 2 is 2.19 bits per heavy atom. The number of alkyl halides is 3. The van der Waals surface area contributed by atoms with Crippen molar-refractivity contribution in [3.63, 3.8) is 0 Å². The average molecular weight is 315 g/mol. The molecule has 1 aliphatic rings. The molecule has 1 unspecified atom stereocenters. The third kappa shape index (κ3) is 2.19. The number of fused-ring (bicyclic) bond motifs is 1. The number of allylic oxidation sites excluding steroid dienone is 1. The van der Waals surface area contributed by atoms with E-state index in [2.05, 4.69) is 15.5 Å². The van der Waals surface area contributed by atoms with E-state index in [1.165, 1.54) is 17.5 Å². The van der Waals surface area contributed by atoms with Gasteiger partial charge in [0.15, 0.2) is 0 Å². The number of carbonyl (C=O) groups is 1. The number of aromatic nitrogens is 2. The second-order valence-corrected chi connectivity index (χ2v) is 5.19. The minimum absolute atomic E-state index is 0.0588. The molecule has 3 N–H and O–H groups in total. The van der Waals surface area contributed by atoms with Gasteiger partial charge in [-0.25, -0.2) is 4.79 Å². The van der Waals surface area contributed by atoms with Gasteiger partial charge in [-0.2, -0.15) is 29.6 Å². The first-order chi connectivity index (χ1) is 9.89. The summed E-state index contributed by atoms with van der Waals surface area (Å²) in [4.78, 5) is 11.4. The number of hydrogen-bond acceptors (Lipinski definition) is 4. The standard InChI is InChI=1S/C12H8F3N3O2S/c13-12(14,15)9-8(11(19)20)7(5-1-2-21-4-5)6-3-16-18-10(6)17-9/h1-4,7H,(H,19,20)(H2,16,17,18). The van der Waals surface area contributed by atoms with E-state index in [9.17, 15) is 23.1 Å². The maximum atomic E-state index is 13.2. The molecule has 9 heteroatoms. The SMILES string of the molecule is O=C(O)C1=C(C(F)(F)F)Nc2[nH]ncc2C1c1ccsc1. The van der Waals surface area contributed by atoms with E-state index in [-0.39, 0.29) is 5.82 Å². The van der Waals surface area contributed by atoms with Crippen LogP contribution in [0.3, 0.4) is 0 Å². The fourth-order valence-electron chi connectivity index (χ4n) is 2.35. The lowest BCUT2D eigenvalue weighted by Crippen LogP contribution is -2.31. The molecule has 0 saturated carbocycles. The van der Waals surface area contributed by atoms with Crippen molar-refractivity contribution in [2.45, 2.75) is 12.1 Å². The van der Waals surface area contributed by atoms with Crippen LogP contribution in [0, 0.1) is 0 Å². The van der Waals surface area contributed by atoms with Crippen molar-refractivity contribution in [3.8, 4) is 0 Å². The predicted octanol–water partition coefficient (Wildman–Crippen LogP) is 2.93. The summed E-state index contributed by atoms with van der Waals surface area (Å²) in [5.41, 5.74) is -1.14. The molecule has 0 amide bonds. The van der Waals surface area contributed by atoms with Gasteiger partial charge in [0.25, 0.3) is 0 Å². The second kappa shape index (κ2) is 4.62. The van der Waals surface area contributed by atoms with Crippen molar-refractivity contribution in [1.82, 2.24) is 10.2 Å². The Morgan fingerprint density at radius 3 is 2.76 bits per heavy atom. The molecule has 110 valence electrons. The second-order valence-electron chi connectivity index (χ2n) is 4.41. The van der Waals surface area contributed by atoms with E-state index in [0.717, 1.165) is 0 Å². The van der Waals surface area contributed by atoms with E-state index in [1.807, 2.05) is 0 Å². The Labute approximate surface area is 120 Å². The summed E-state index contributed by atoms with van der Waals surface area (Å²) >= 11 is 1.29. The van der Waals surface area contributed by atoms with Crippen molar-refractivity contribution < 1.29 is 23.1 Å². The van der Waals surface area contributed by atoms with Gasteiger partial charge in [0.2, 0.25) is 0 Å². The highest BCUT2D eigenvalue weighted by Gasteiger charge is 2.45. The van der Waals surface area contributed by atoms with Gasteiger partial charge in [0.05, 0.1) is 11.8 Å². The van der Waals surface area contributed by atoms with Crippen molar-refractivity contribution in [2.75, 3.05) is 5.32 Å². The van der Waals surface area contributed by atoms with Crippen LogP contribution in [-0.2, 0) is 4.79 Å². The Morgan fingerprint density at radius 1 is 1.43 bits per heavy atom. The summed E-state index contributed by atoms with van der Waals surface area (Å²) < 4.78 is 39.5. The molecular weight excluding hydrogens is 307 g/mol. The maximum Gasteiger partial charge on any atom is 0.431 e. The topological polar surface area (TPSA) is 78.0 Å². The highest BCUT2D eigenvalue weighted by molar-refractivity contribution is 7.08. The van der Waals surface area contributed by atoms with E-state index >= 15 is 0 Å². The lowest BCUT2D eigenvalue weighted by molar-refractivity contribution is -0.134. The quantitative estimate of drug-likeness (QED) is 0.796. The fraction of sp³-hybridized carbons (Fsp3) is 0.167. The van der Waals surface area contributed by atoms with E-state index in [4.69, 9.17) is 0 Å². The zero-order valence-corrected chi connectivity index (χ0v) is 11.0. The van der Waals surface area contributed by atoms with Gasteiger partial charge in [-0.15, -0.1) is 0 Å². The summed E-state index contributed by atoms with van der Waals surface area (Å²) in [5, 5.41) is 20.8. The third-order valence-corrected chi connectivity index (χ3v) is 3.88. The number of aliphatic carboxylic acids is 1. The van der Waals surface area contributed by atoms with Gasteiger partial charge in [0.1, 0.15) is 11.5 Å². The molecule has 1 aliphatic heterocycles. The minimum atomic E-state index is -4.80. The number of nitrogens with zero attached hydrogens (tertiary/aromatic N) is 1. The van der Waals surface area contributed by atoms with Crippen LogP contribution in [0.5, 0.6) is 0 Å². The maximum absolute atomic E-state index is 13.2. The molecule has 0 bridgehead atoms. The summed E-state index contributed by atoms with van der Waals surface area (Å²) in [6.45, 7) is 0. The number of H-pyrrole nitrogens is 1. The first-order valence-corrected chi connectivity index (χ1v) is 6.71. The highest BCUT2D eigenvalue weighted by atomic mass is 32.1. The van der Waals surface area contributed by atoms with Gasteiger partial charge in [0, 0.05) is 11.5 Å². The van der Waals surface area contributed by atoms with Crippen LogP contribution in [0.15, 0.2) is 34.3 Å². The average Bonchev–Trinajstić information content (AvgIpc) is 3.06. The minimum Gasteiger partial charge on any atom is -0.478 e. The van der Waals surface area contributed by atoms with Crippen LogP contribution >= 0.6 is 11.3 Å². The van der Waals surface area contributed by atoms with Gasteiger partial charge in [-0.1, -0.05) is 0 Å². The van der Waals surface area contributed by atoms with Crippen LogP contribution in [-0.4, -0.2) is 27.4 Å². The van der Waals surface area contributed by atoms with Crippen molar-refractivity contribution in [1.29, 1.82) is 0 Å².